The lowest BCUT2D eigenvalue weighted by Gasteiger charge is -2.44. The van der Waals surface area contributed by atoms with Gasteiger partial charge in [-0.05, 0) is 36.5 Å². The van der Waals surface area contributed by atoms with Crippen LogP contribution in [0.15, 0.2) is 36.4 Å². The number of likely N-dealkylation sites (tertiary alicyclic amines) is 1. The number of alkyl halides is 2. The molecule has 160 valence electrons. The summed E-state index contributed by atoms with van der Waals surface area (Å²) in [7, 11) is 0. The molecule has 0 bridgehead atoms. The molecule has 1 spiro atoms. The van der Waals surface area contributed by atoms with E-state index < -0.39 is 12.5 Å². The lowest BCUT2D eigenvalue weighted by molar-refractivity contribution is -0.0982. The van der Waals surface area contributed by atoms with Crippen LogP contribution in [0.3, 0.4) is 0 Å². The highest BCUT2D eigenvalue weighted by molar-refractivity contribution is 7.12. The van der Waals surface area contributed by atoms with Gasteiger partial charge in [0.25, 0.3) is 0 Å². The number of nitrogens with zero attached hydrogens (tertiary/aromatic N) is 1. The minimum absolute atomic E-state index is 0.164. The molecule has 6 heteroatoms. The van der Waals surface area contributed by atoms with Crippen molar-refractivity contribution in [3.63, 3.8) is 0 Å². The number of aliphatic hydroxyl groups excluding tert-OH is 1. The Morgan fingerprint density at radius 2 is 1.86 bits per heavy atom. The highest BCUT2D eigenvalue weighted by Crippen LogP contribution is 2.45. The van der Waals surface area contributed by atoms with Crippen LogP contribution < -0.4 is 0 Å². The van der Waals surface area contributed by atoms with Crippen molar-refractivity contribution < 1.29 is 18.6 Å². The van der Waals surface area contributed by atoms with Crippen molar-refractivity contribution in [1.29, 1.82) is 0 Å². The number of β-amino-alcohol motifs (C(OH)–C–C–N with tert-alkyl or cyclic N) is 1. The number of ether oxygens (including phenoxy) is 1. The highest BCUT2D eigenvalue weighted by atomic mass is 32.1. The quantitative estimate of drug-likeness (QED) is 0.719. The van der Waals surface area contributed by atoms with Crippen LogP contribution >= 0.6 is 11.3 Å². The normalized spacial score (nSPS) is 19.5. The van der Waals surface area contributed by atoms with Gasteiger partial charge in [0.2, 0.25) is 6.43 Å². The highest BCUT2D eigenvalue weighted by Gasteiger charge is 2.42. The van der Waals surface area contributed by atoms with Gasteiger partial charge in [-0.1, -0.05) is 44.2 Å². The smallest absolute Gasteiger partial charge is 0.243 e. The number of hydrogen-bond acceptors (Lipinski definition) is 4. The molecule has 2 aliphatic heterocycles. The fraction of sp³-hybridized carbons (Fsp3) is 0.565. The Labute approximate surface area is 176 Å². The molecule has 1 aromatic carbocycles. The number of piperidine rings is 1. The maximum absolute atomic E-state index is 12.8. The van der Waals surface area contributed by atoms with Crippen LogP contribution in [0.1, 0.15) is 53.7 Å². The average molecular weight is 424 g/mol. The molecule has 3 nitrogen and oxygen atoms in total. The molecule has 1 fully saturated rings. The van der Waals surface area contributed by atoms with E-state index in [2.05, 4.69) is 4.90 Å². The summed E-state index contributed by atoms with van der Waals surface area (Å²) in [4.78, 5) is 4.20. The third-order valence-corrected chi connectivity index (χ3v) is 7.04. The van der Waals surface area contributed by atoms with E-state index in [1.54, 1.807) is 0 Å². The number of rotatable bonds is 5. The van der Waals surface area contributed by atoms with Crippen molar-refractivity contribution >= 4 is 11.3 Å². The van der Waals surface area contributed by atoms with Crippen LogP contribution in [0.4, 0.5) is 8.78 Å². The molecular weight excluding hydrogens is 392 g/mol. The predicted octanol–water partition coefficient (Wildman–Crippen LogP) is 5.18. The molecule has 0 radical (unpaired) electrons. The Hall–Kier alpha value is -1.34. The van der Waals surface area contributed by atoms with E-state index >= 15 is 0 Å². The van der Waals surface area contributed by atoms with Crippen LogP contribution in [0.2, 0.25) is 0 Å². The second-order valence-electron chi connectivity index (χ2n) is 7.48. The molecule has 0 amide bonds. The van der Waals surface area contributed by atoms with Gasteiger partial charge in [-0.2, -0.15) is 0 Å². The number of aliphatic hydroxyl groups is 1. The maximum atomic E-state index is 12.8. The van der Waals surface area contributed by atoms with Crippen LogP contribution in [-0.4, -0.2) is 42.7 Å². The fourth-order valence-corrected chi connectivity index (χ4v) is 5.64. The van der Waals surface area contributed by atoms with Crippen molar-refractivity contribution in [1.82, 2.24) is 4.90 Å². The van der Waals surface area contributed by atoms with E-state index in [1.165, 1.54) is 16.9 Å². The first-order valence-corrected chi connectivity index (χ1v) is 11.4. The van der Waals surface area contributed by atoms with Crippen molar-refractivity contribution in [2.45, 2.75) is 57.7 Å². The molecule has 4 rings (SSSR count). The lowest BCUT2D eigenvalue weighted by Crippen LogP contribution is -2.46. The summed E-state index contributed by atoms with van der Waals surface area (Å²) < 4.78 is 31.8. The van der Waals surface area contributed by atoms with Crippen LogP contribution in [-0.2, 0) is 23.2 Å². The molecule has 2 aromatic rings. The fourth-order valence-electron chi connectivity index (χ4n) is 4.23. The Balaban J connectivity index is 0.00000117. The van der Waals surface area contributed by atoms with E-state index in [0.717, 1.165) is 47.7 Å². The molecule has 1 unspecified atom stereocenters. The van der Waals surface area contributed by atoms with Crippen molar-refractivity contribution in [3.05, 3.63) is 57.3 Å². The lowest BCUT2D eigenvalue weighted by atomic mass is 9.85. The molecule has 1 aromatic heterocycles. The Bertz CT molecular complexity index is 757. The third kappa shape index (κ3) is 5.23. The summed E-state index contributed by atoms with van der Waals surface area (Å²) in [6, 6.07) is 11.7. The molecule has 1 atom stereocenters. The second kappa shape index (κ2) is 10.1. The molecule has 0 saturated carbocycles. The SMILES string of the molecule is CC.OC(CN1CCC2(CC1)OCCc1cc(CC(F)F)sc12)c1ccccc1. The van der Waals surface area contributed by atoms with Gasteiger partial charge in [0.1, 0.15) is 5.60 Å². The summed E-state index contributed by atoms with van der Waals surface area (Å²) in [5.41, 5.74) is 1.80. The molecule has 0 aliphatic carbocycles. The number of thiophene rings is 1. The summed E-state index contributed by atoms with van der Waals surface area (Å²) in [6.07, 6.45) is -0.464. The molecule has 2 aliphatic rings. The van der Waals surface area contributed by atoms with Crippen LogP contribution in [0.25, 0.3) is 0 Å². The first kappa shape index (κ1) is 22.3. The van der Waals surface area contributed by atoms with E-state index in [0.29, 0.717) is 13.2 Å². The van der Waals surface area contributed by atoms with Crippen molar-refractivity contribution in [2.24, 2.45) is 0 Å². The largest absolute Gasteiger partial charge is 0.387 e. The van der Waals surface area contributed by atoms with Crippen molar-refractivity contribution in [2.75, 3.05) is 26.2 Å². The van der Waals surface area contributed by atoms with Crippen LogP contribution in [0.5, 0.6) is 0 Å². The van der Waals surface area contributed by atoms with Gasteiger partial charge in [0, 0.05) is 35.8 Å². The third-order valence-electron chi connectivity index (χ3n) is 5.66. The monoisotopic (exact) mass is 423 g/mol. The summed E-state index contributed by atoms with van der Waals surface area (Å²) in [6.45, 7) is 6.94. The Morgan fingerprint density at radius 1 is 1.17 bits per heavy atom. The van der Waals surface area contributed by atoms with Gasteiger partial charge >= 0.3 is 0 Å². The number of benzene rings is 1. The van der Waals surface area contributed by atoms with E-state index in [1.807, 2.05) is 50.2 Å². The molecular formula is C23H31F2NO2S. The topological polar surface area (TPSA) is 32.7 Å². The van der Waals surface area contributed by atoms with Gasteiger partial charge in [-0.15, -0.1) is 11.3 Å². The second-order valence-corrected chi connectivity index (χ2v) is 8.62. The Morgan fingerprint density at radius 3 is 2.52 bits per heavy atom. The van der Waals surface area contributed by atoms with Crippen molar-refractivity contribution in [3.8, 4) is 0 Å². The zero-order valence-electron chi connectivity index (χ0n) is 17.2. The maximum Gasteiger partial charge on any atom is 0.243 e. The predicted molar refractivity (Wildman–Crippen MR) is 114 cm³/mol. The average Bonchev–Trinajstić information content (AvgIpc) is 3.15. The first-order chi connectivity index (χ1) is 14.1. The first-order valence-electron chi connectivity index (χ1n) is 10.6. The van der Waals surface area contributed by atoms with Gasteiger partial charge in [-0.25, -0.2) is 8.78 Å². The summed E-state index contributed by atoms with van der Waals surface area (Å²) >= 11 is 1.51. The standard InChI is InChI=1S/C21H25F2NO2S.C2H6/c22-19(23)13-17-12-16-6-11-26-21(20(16)27-17)7-9-24(10-8-21)14-18(25)15-4-2-1-3-5-15;1-2/h1-5,12,18-19,25H,6-11,13-14H2;1-2H3. The van der Waals surface area contributed by atoms with Gasteiger partial charge < -0.3 is 14.7 Å². The molecule has 1 N–H and O–H groups in total. The van der Waals surface area contributed by atoms with Crippen LogP contribution in [0, 0.1) is 0 Å². The van der Waals surface area contributed by atoms with Gasteiger partial charge in [0.05, 0.1) is 12.7 Å². The minimum Gasteiger partial charge on any atom is -0.387 e. The zero-order valence-corrected chi connectivity index (χ0v) is 18.1. The summed E-state index contributed by atoms with van der Waals surface area (Å²) in [5.74, 6) is 0. The van der Waals surface area contributed by atoms with E-state index in [4.69, 9.17) is 4.74 Å². The Kier molecular flexibility index (Phi) is 7.79. The van der Waals surface area contributed by atoms with Gasteiger partial charge in [-0.3, -0.25) is 0 Å². The number of fused-ring (bicyclic) bond motifs is 2. The molecule has 3 heterocycles. The van der Waals surface area contributed by atoms with E-state index in [-0.39, 0.29) is 12.0 Å². The number of hydrogen-bond donors (Lipinski definition) is 1. The van der Waals surface area contributed by atoms with Gasteiger partial charge in [0.15, 0.2) is 0 Å². The zero-order chi connectivity index (χ0) is 20.9. The van der Waals surface area contributed by atoms with E-state index in [9.17, 15) is 13.9 Å². The molecule has 1 saturated heterocycles. The summed E-state index contributed by atoms with van der Waals surface area (Å²) in [5, 5.41) is 10.5. The minimum atomic E-state index is -2.30. The molecule has 29 heavy (non-hydrogen) atoms. The number of halogens is 2.